The number of hydrogen-bond donors (Lipinski definition) is 1. The SMILES string of the molecule is Cc1cc(NCc2ccnn2C(F)F)nn1CC(C)C. The highest BCUT2D eigenvalue weighted by Crippen LogP contribution is 2.15. The molecule has 0 aliphatic heterocycles. The van der Waals surface area contributed by atoms with Gasteiger partial charge in [0.1, 0.15) is 5.82 Å². The van der Waals surface area contributed by atoms with Crippen LogP contribution in [-0.2, 0) is 13.1 Å². The highest BCUT2D eigenvalue weighted by atomic mass is 19.3. The second-order valence-electron chi connectivity index (χ2n) is 5.15. The molecule has 2 aromatic heterocycles. The van der Waals surface area contributed by atoms with Gasteiger partial charge < -0.3 is 5.32 Å². The van der Waals surface area contributed by atoms with E-state index in [1.807, 2.05) is 17.7 Å². The summed E-state index contributed by atoms with van der Waals surface area (Å²) in [6, 6.07) is 3.47. The standard InChI is InChI=1S/C13H19F2N5/c1-9(2)8-19-10(3)6-12(18-19)16-7-11-4-5-17-20(11)13(14)15/h4-6,9,13H,7-8H2,1-3H3,(H,16,18). The van der Waals surface area contributed by atoms with Gasteiger partial charge in [-0.25, -0.2) is 4.68 Å². The molecule has 0 spiro atoms. The molecule has 0 aliphatic carbocycles. The molecular formula is C13H19F2N5. The van der Waals surface area contributed by atoms with E-state index in [1.165, 1.54) is 6.20 Å². The molecule has 2 aromatic rings. The molecule has 110 valence electrons. The summed E-state index contributed by atoms with van der Waals surface area (Å²) in [5.41, 5.74) is 1.47. The summed E-state index contributed by atoms with van der Waals surface area (Å²) in [4.78, 5) is 0. The molecule has 0 fully saturated rings. The average molecular weight is 283 g/mol. The number of aryl methyl sites for hydroxylation is 1. The fraction of sp³-hybridized carbons (Fsp3) is 0.538. The molecule has 0 saturated heterocycles. The van der Waals surface area contributed by atoms with Crippen LogP contribution in [0.3, 0.4) is 0 Å². The first-order valence-corrected chi connectivity index (χ1v) is 6.56. The third-order valence-electron chi connectivity index (χ3n) is 2.91. The fourth-order valence-electron chi connectivity index (χ4n) is 1.97. The van der Waals surface area contributed by atoms with Gasteiger partial charge in [0.15, 0.2) is 0 Å². The Morgan fingerprint density at radius 1 is 1.35 bits per heavy atom. The summed E-state index contributed by atoms with van der Waals surface area (Å²) < 4.78 is 27.9. The van der Waals surface area contributed by atoms with Crippen LogP contribution < -0.4 is 5.32 Å². The van der Waals surface area contributed by atoms with Gasteiger partial charge in [-0.1, -0.05) is 13.8 Å². The molecule has 2 rings (SSSR count). The van der Waals surface area contributed by atoms with Gasteiger partial charge in [-0.15, -0.1) is 0 Å². The highest BCUT2D eigenvalue weighted by molar-refractivity contribution is 5.36. The molecule has 0 amide bonds. The van der Waals surface area contributed by atoms with Crippen LogP contribution in [0.15, 0.2) is 18.3 Å². The van der Waals surface area contributed by atoms with Crippen LogP contribution in [0.2, 0.25) is 0 Å². The van der Waals surface area contributed by atoms with Gasteiger partial charge in [0, 0.05) is 24.5 Å². The zero-order valence-electron chi connectivity index (χ0n) is 11.8. The molecule has 0 radical (unpaired) electrons. The summed E-state index contributed by atoms with van der Waals surface area (Å²) in [6.07, 6.45) is 1.37. The smallest absolute Gasteiger partial charge is 0.333 e. The number of nitrogens with zero attached hydrogens (tertiary/aromatic N) is 4. The minimum absolute atomic E-state index is 0.266. The zero-order valence-corrected chi connectivity index (χ0v) is 11.8. The van der Waals surface area contributed by atoms with E-state index in [9.17, 15) is 8.78 Å². The molecule has 7 heteroatoms. The van der Waals surface area contributed by atoms with Crippen LogP contribution in [0.25, 0.3) is 0 Å². The van der Waals surface area contributed by atoms with Crippen LogP contribution >= 0.6 is 0 Å². The molecule has 0 atom stereocenters. The molecule has 0 aliphatic rings. The largest absolute Gasteiger partial charge is 0.363 e. The maximum atomic E-state index is 12.7. The lowest BCUT2D eigenvalue weighted by Crippen LogP contribution is -2.11. The Bertz CT molecular complexity index is 559. The molecule has 1 N–H and O–H groups in total. The molecule has 0 bridgehead atoms. The molecule has 20 heavy (non-hydrogen) atoms. The van der Waals surface area contributed by atoms with Crippen molar-refractivity contribution in [3.05, 3.63) is 29.7 Å². The summed E-state index contributed by atoms with van der Waals surface area (Å²) in [6.45, 7) is 4.70. The first kappa shape index (κ1) is 14.5. The van der Waals surface area contributed by atoms with Crippen molar-refractivity contribution in [2.45, 2.75) is 40.4 Å². The van der Waals surface area contributed by atoms with Crippen molar-refractivity contribution in [3.63, 3.8) is 0 Å². The first-order chi connectivity index (χ1) is 9.47. The Labute approximate surface area is 116 Å². The maximum absolute atomic E-state index is 12.7. The van der Waals surface area contributed by atoms with Crippen LogP contribution in [0.4, 0.5) is 14.6 Å². The van der Waals surface area contributed by atoms with Gasteiger partial charge in [-0.3, -0.25) is 4.68 Å². The van der Waals surface area contributed by atoms with Crippen LogP contribution in [0, 0.1) is 12.8 Å². The summed E-state index contributed by atoms with van der Waals surface area (Å²) in [5, 5.41) is 11.1. The van der Waals surface area contributed by atoms with Crippen molar-refractivity contribution in [2.24, 2.45) is 5.92 Å². The molecule has 5 nitrogen and oxygen atoms in total. The van der Waals surface area contributed by atoms with E-state index < -0.39 is 6.55 Å². The summed E-state index contributed by atoms with van der Waals surface area (Å²) in [5.74, 6) is 1.19. The van der Waals surface area contributed by atoms with Crippen LogP contribution in [0.1, 0.15) is 31.8 Å². The Kier molecular flexibility index (Phi) is 4.36. The zero-order chi connectivity index (χ0) is 14.7. The normalized spacial score (nSPS) is 11.6. The first-order valence-electron chi connectivity index (χ1n) is 6.56. The Morgan fingerprint density at radius 3 is 2.75 bits per heavy atom. The molecule has 2 heterocycles. The van der Waals surface area contributed by atoms with Crippen LogP contribution in [0.5, 0.6) is 0 Å². The Morgan fingerprint density at radius 2 is 2.10 bits per heavy atom. The predicted octanol–water partition coefficient (Wildman–Crippen LogP) is 3.05. The number of halogens is 2. The van der Waals surface area contributed by atoms with E-state index >= 15 is 0 Å². The van der Waals surface area contributed by atoms with Gasteiger partial charge in [0.05, 0.1) is 12.2 Å². The third kappa shape index (κ3) is 3.34. The lowest BCUT2D eigenvalue weighted by Gasteiger charge is -2.07. The van der Waals surface area contributed by atoms with E-state index in [2.05, 4.69) is 29.4 Å². The number of aromatic nitrogens is 4. The quantitative estimate of drug-likeness (QED) is 0.886. The maximum Gasteiger partial charge on any atom is 0.333 e. The molecule has 0 unspecified atom stereocenters. The second kappa shape index (κ2) is 6.02. The summed E-state index contributed by atoms with van der Waals surface area (Å²) in [7, 11) is 0. The molecular weight excluding hydrogens is 264 g/mol. The monoisotopic (exact) mass is 283 g/mol. The average Bonchev–Trinajstić information content (AvgIpc) is 2.93. The van der Waals surface area contributed by atoms with Gasteiger partial charge in [-0.2, -0.15) is 19.0 Å². The van der Waals surface area contributed by atoms with E-state index in [-0.39, 0.29) is 6.54 Å². The minimum Gasteiger partial charge on any atom is -0.363 e. The van der Waals surface area contributed by atoms with Crippen molar-refractivity contribution >= 4 is 5.82 Å². The van der Waals surface area contributed by atoms with Gasteiger partial charge >= 0.3 is 6.55 Å². The van der Waals surface area contributed by atoms with Crippen molar-refractivity contribution in [1.29, 1.82) is 0 Å². The van der Waals surface area contributed by atoms with Crippen molar-refractivity contribution in [1.82, 2.24) is 19.6 Å². The predicted molar refractivity (Wildman–Crippen MR) is 72.6 cm³/mol. The fourth-order valence-corrected chi connectivity index (χ4v) is 1.97. The number of rotatable bonds is 6. The topological polar surface area (TPSA) is 47.7 Å². The van der Waals surface area contributed by atoms with Gasteiger partial charge in [0.25, 0.3) is 0 Å². The lowest BCUT2D eigenvalue weighted by atomic mass is 10.2. The van der Waals surface area contributed by atoms with Crippen LogP contribution in [-0.4, -0.2) is 19.6 Å². The minimum atomic E-state index is -2.62. The van der Waals surface area contributed by atoms with E-state index in [0.29, 0.717) is 22.1 Å². The Balaban J connectivity index is 2.02. The Hall–Kier alpha value is -1.92. The number of nitrogens with one attached hydrogen (secondary N) is 1. The van der Waals surface area contributed by atoms with Crippen molar-refractivity contribution in [2.75, 3.05) is 5.32 Å². The highest BCUT2D eigenvalue weighted by Gasteiger charge is 2.12. The molecule has 0 aromatic carbocycles. The summed E-state index contributed by atoms with van der Waals surface area (Å²) >= 11 is 0. The van der Waals surface area contributed by atoms with E-state index in [4.69, 9.17) is 0 Å². The second-order valence-corrected chi connectivity index (χ2v) is 5.15. The van der Waals surface area contributed by atoms with E-state index in [0.717, 1.165) is 12.2 Å². The van der Waals surface area contributed by atoms with E-state index in [1.54, 1.807) is 6.07 Å². The van der Waals surface area contributed by atoms with Crippen molar-refractivity contribution < 1.29 is 8.78 Å². The number of anilines is 1. The lowest BCUT2D eigenvalue weighted by molar-refractivity contribution is 0.0537. The number of alkyl halides is 2. The number of hydrogen-bond acceptors (Lipinski definition) is 3. The van der Waals surface area contributed by atoms with Crippen molar-refractivity contribution in [3.8, 4) is 0 Å². The molecule has 0 saturated carbocycles. The third-order valence-corrected chi connectivity index (χ3v) is 2.91. The van der Waals surface area contributed by atoms with Gasteiger partial charge in [0.2, 0.25) is 0 Å². The van der Waals surface area contributed by atoms with Gasteiger partial charge in [-0.05, 0) is 18.9 Å².